The van der Waals surface area contributed by atoms with Crippen molar-refractivity contribution in [2.45, 2.75) is 59.0 Å². The fourth-order valence-corrected chi connectivity index (χ4v) is 3.20. The molecule has 0 spiro atoms. The van der Waals surface area contributed by atoms with Gasteiger partial charge in [0.2, 0.25) is 0 Å². The molecule has 1 aliphatic carbocycles. The van der Waals surface area contributed by atoms with Crippen molar-refractivity contribution in [2.75, 3.05) is 6.54 Å². The molecule has 1 aliphatic rings. The van der Waals surface area contributed by atoms with Crippen molar-refractivity contribution in [2.24, 2.45) is 4.99 Å². The van der Waals surface area contributed by atoms with Gasteiger partial charge in [-0.1, -0.05) is 12.8 Å². The van der Waals surface area contributed by atoms with Gasteiger partial charge in [0.1, 0.15) is 5.01 Å². The van der Waals surface area contributed by atoms with Crippen LogP contribution in [0.4, 0.5) is 0 Å². The molecule has 1 aromatic heterocycles. The quantitative estimate of drug-likeness (QED) is 0.456. The van der Waals surface area contributed by atoms with Crippen molar-refractivity contribution in [3.8, 4) is 0 Å². The van der Waals surface area contributed by atoms with E-state index in [1.54, 1.807) is 11.3 Å². The molecule has 114 valence electrons. The molecule has 0 bridgehead atoms. The number of thiazole rings is 1. The molecule has 0 radical (unpaired) electrons. The zero-order chi connectivity index (χ0) is 13.7. The average Bonchev–Trinajstić information content (AvgIpc) is 2.98. The number of guanidine groups is 1. The normalized spacial score (nSPS) is 16.1. The summed E-state index contributed by atoms with van der Waals surface area (Å²) < 4.78 is 0. The Balaban J connectivity index is 0.00000200. The first-order valence-electron chi connectivity index (χ1n) is 7.16. The van der Waals surface area contributed by atoms with Gasteiger partial charge < -0.3 is 10.6 Å². The predicted octanol–water partition coefficient (Wildman–Crippen LogP) is 3.38. The highest BCUT2D eigenvalue weighted by Crippen LogP contribution is 2.18. The highest BCUT2D eigenvalue weighted by atomic mass is 127. The van der Waals surface area contributed by atoms with E-state index in [1.807, 2.05) is 0 Å². The van der Waals surface area contributed by atoms with Gasteiger partial charge in [-0.3, -0.25) is 0 Å². The first kappa shape index (κ1) is 17.7. The Morgan fingerprint density at radius 2 is 2.05 bits per heavy atom. The summed E-state index contributed by atoms with van der Waals surface area (Å²) in [5.74, 6) is 0.930. The van der Waals surface area contributed by atoms with Crippen molar-refractivity contribution in [1.29, 1.82) is 0 Å². The van der Waals surface area contributed by atoms with Crippen molar-refractivity contribution in [1.82, 2.24) is 15.6 Å². The summed E-state index contributed by atoms with van der Waals surface area (Å²) >= 11 is 1.74. The number of nitrogens with zero attached hydrogens (tertiary/aromatic N) is 2. The van der Waals surface area contributed by atoms with Gasteiger partial charge in [0.25, 0.3) is 0 Å². The molecule has 20 heavy (non-hydrogen) atoms. The second kappa shape index (κ2) is 8.81. The monoisotopic (exact) mass is 408 g/mol. The summed E-state index contributed by atoms with van der Waals surface area (Å²) in [5.41, 5.74) is 1.13. The van der Waals surface area contributed by atoms with Crippen LogP contribution in [0.1, 0.15) is 48.2 Å². The molecule has 1 aromatic rings. The van der Waals surface area contributed by atoms with E-state index >= 15 is 0 Å². The fourth-order valence-electron chi connectivity index (χ4n) is 2.34. The van der Waals surface area contributed by atoms with Crippen molar-refractivity contribution in [3.05, 3.63) is 15.6 Å². The van der Waals surface area contributed by atoms with Gasteiger partial charge in [0, 0.05) is 17.5 Å². The number of halogens is 1. The van der Waals surface area contributed by atoms with Crippen LogP contribution in [0.15, 0.2) is 4.99 Å². The Bertz CT molecular complexity index is 419. The largest absolute Gasteiger partial charge is 0.357 e. The summed E-state index contributed by atoms with van der Waals surface area (Å²) in [5, 5.41) is 7.94. The van der Waals surface area contributed by atoms with Crippen molar-refractivity contribution < 1.29 is 0 Å². The molecular formula is C14H25IN4S. The van der Waals surface area contributed by atoms with Gasteiger partial charge in [-0.2, -0.15) is 0 Å². The van der Waals surface area contributed by atoms with E-state index < -0.39 is 0 Å². The van der Waals surface area contributed by atoms with Crippen LogP contribution in [0.5, 0.6) is 0 Å². The summed E-state index contributed by atoms with van der Waals surface area (Å²) in [6, 6.07) is 0.595. The molecule has 1 heterocycles. The molecule has 0 aliphatic heterocycles. The number of nitrogens with one attached hydrogen (secondary N) is 2. The van der Waals surface area contributed by atoms with Crippen LogP contribution in [0.25, 0.3) is 0 Å². The van der Waals surface area contributed by atoms with E-state index in [9.17, 15) is 0 Å². The minimum atomic E-state index is 0. The van der Waals surface area contributed by atoms with E-state index in [0.717, 1.165) is 23.2 Å². The third kappa shape index (κ3) is 5.20. The van der Waals surface area contributed by atoms with Crippen LogP contribution in [0.2, 0.25) is 0 Å². The third-order valence-electron chi connectivity index (χ3n) is 3.49. The Labute approximate surface area is 142 Å². The summed E-state index contributed by atoms with van der Waals surface area (Å²) in [6.45, 7) is 7.84. The number of hydrogen-bond acceptors (Lipinski definition) is 3. The zero-order valence-corrected chi connectivity index (χ0v) is 15.7. The average molecular weight is 408 g/mol. The van der Waals surface area contributed by atoms with Crippen LogP contribution < -0.4 is 10.6 Å². The highest BCUT2D eigenvalue weighted by molar-refractivity contribution is 14.0. The molecule has 6 heteroatoms. The Kier molecular flexibility index (Phi) is 7.79. The fraction of sp³-hybridized carbons (Fsp3) is 0.714. The van der Waals surface area contributed by atoms with E-state index in [0.29, 0.717) is 12.6 Å². The number of aromatic nitrogens is 1. The van der Waals surface area contributed by atoms with E-state index in [4.69, 9.17) is 0 Å². The zero-order valence-electron chi connectivity index (χ0n) is 12.5. The van der Waals surface area contributed by atoms with E-state index in [1.165, 1.54) is 30.6 Å². The lowest BCUT2D eigenvalue weighted by Crippen LogP contribution is -2.42. The van der Waals surface area contributed by atoms with E-state index in [2.05, 4.69) is 41.4 Å². The molecule has 0 unspecified atom stereocenters. The third-order valence-corrected chi connectivity index (χ3v) is 4.54. The Morgan fingerprint density at radius 1 is 1.35 bits per heavy atom. The van der Waals surface area contributed by atoms with Gasteiger partial charge >= 0.3 is 0 Å². The number of aliphatic imine (C=N–C) groups is 1. The van der Waals surface area contributed by atoms with Crippen LogP contribution in [0, 0.1) is 13.8 Å². The maximum Gasteiger partial charge on any atom is 0.191 e. The Hall–Kier alpha value is -0.370. The molecule has 2 N–H and O–H groups in total. The minimum absolute atomic E-state index is 0. The molecule has 0 aromatic carbocycles. The van der Waals surface area contributed by atoms with Crippen LogP contribution in [-0.4, -0.2) is 23.5 Å². The van der Waals surface area contributed by atoms with Crippen molar-refractivity contribution in [3.63, 3.8) is 0 Å². The van der Waals surface area contributed by atoms with Gasteiger partial charge in [-0.15, -0.1) is 35.3 Å². The minimum Gasteiger partial charge on any atom is -0.357 e. The van der Waals surface area contributed by atoms with Crippen LogP contribution >= 0.6 is 35.3 Å². The maximum atomic E-state index is 4.64. The second-order valence-electron chi connectivity index (χ2n) is 5.07. The predicted molar refractivity (Wildman–Crippen MR) is 97.2 cm³/mol. The smallest absolute Gasteiger partial charge is 0.191 e. The number of hydrogen-bond donors (Lipinski definition) is 2. The molecule has 0 amide bonds. The number of aryl methyl sites for hydroxylation is 2. The SMILES string of the molecule is CCNC(=NCc1nc(C)c(C)s1)NC1CCCC1.I. The van der Waals surface area contributed by atoms with Gasteiger partial charge in [0.05, 0.1) is 12.2 Å². The number of rotatable bonds is 4. The lowest BCUT2D eigenvalue weighted by atomic mass is 10.2. The summed E-state index contributed by atoms with van der Waals surface area (Å²) in [7, 11) is 0. The van der Waals surface area contributed by atoms with Gasteiger partial charge in [-0.05, 0) is 33.6 Å². The molecule has 0 saturated heterocycles. The van der Waals surface area contributed by atoms with Crippen LogP contribution in [-0.2, 0) is 6.54 Å². The Morgan fingerprint density at radius 3 is 2.60 bits per heavy atom. The molecular weight excluding hydrogens is 383 g/mol. The molecule has 1 fully saturated rings. The summed E-state index contributed by atoms with van der Waals surface area (Å²) in [6.07, 6.45) is 5.20. The molecule has 1 saturated carbocycles. The van der Waals surface area contributed by atoms with Gasteiger partial charge in [0.15, 0.2) is 5.96 Å². The summed E-state index contributed by atoms with van der Waals surface area (Å²) in [4.78, 5) is 10.5. The molecule has 4 nitrogen and oxygen atoms in total. The second-order valence-corrected chi connectivity index (χ2v) is 6.36. The molecule has 2 rings (SSSR count). The lowest BCUT2D eigenvalue weighted by Gasteiger charge is -2.16. The highest BCUT2D eigenvalue weighted by Gasteiger charge is 2.15. The standard InChI is InChI=1S/C14H24N4S.HI/c1-4-15-14(18-12-7-5-6-8-12)16-9-13-17-10(2)11(3)19-13;/h12H,4-9H2,1-3H3,(H2,15,16,18);1H. The molecule has 0 atom stereocenters. The topological polar surface area (TPSA) is 49.3 Å². The van der Waals surface area contributed by atoms with Crippen LogP contribution in [0.3, 0.4) is 0 Å². The first-order valence-corrected chi connectivity index (χ1v) is 7.98. The van der Waals surface area contributed by atoms with E-state index in [-0.39, 0.29) is 24.0 Å². The maximum absolute atomic E-state index is 4.64. The van der Waals surface area contributed by atoms with Gasteiger partial charge in [-0.25, -0.2) is 9.98 Å². The lowest BCUT2D eigenvalue weighted by molar-refractivity contribution is 0.614. The first-order chi connectivity index (χ1) is 9.19. The van der Waals surface area contributed by atoms with Crippen molar-refractivity contribution >= 4 is 41.3 Å².